The maximum atomic E-state index is 14.4. The second-order valence-corrected chi connectivity index (χ2v) is 6.57. The van der Waals surface area contributed by atoms with E-state index in [1.54, 1.807) is 11.3 Å². The van der Waals surface area contributed by atoms with E-state index in [0.717, 1.165) is 10.4 Å². The van der Waals surface area contributed by atoms with Crippen LogP contribution in [0.1, 0.15) is 33.3 Å². The van der Waals surface area contributed by atoms with Crippen LogP contribution in [0.5, 0.6) is 0 Å². The number of benzene rings is 1. The van der Waals surface area contributed by atoms with Gasteiger partial charge in [-0.25, -0.2) is 4.39 Å². The molecular formula is C16H17FN2OS. The van der Waals surface area contributed by atoms with Crippen molar-refractivity contribution in [2.45, 2.75) is 25.8 Å². The summed E-state index contributed by atoms with van der Waals surface area (Å²) in [6.45, 7) is 2.04. The van der Waals surface area contributed by atoms with E-state index >= 15 is 0 Å². The highest BCUT2D eigenvalue weighted by Crippen LogP contribution is 2.33. The minimum absolute atomic E-state index is 0.0475. The normalized spacial score (nSPS) is 15.5. The summed E-state index contributed by atoms with van der Waals surface area (Å²) >= 11 is 1.66. The number of carbonyl (C=O) groups is 1. The van der Waals surface area contributed by atoms with Gasteiger partial charge >= 0.3 is 0 Å². The van der Waals surface area contributed by atoms with E-state index < -0.39 is 0 Å². The molecular weight excluding hydrogens is 287 g/mol. The number of halogens is 1. The summed E-state index contributed by atoms with van der Waals surface area (Å²) in [4.78, 5) is 13.7. The van der Waals surface area contributed by atoms with Crippen molar-refractivity contribution in [3.05, 3.63) is 51.0 Å². The van der Waals surface area contributed by atoms with E-state index in [9.17, 15) is 9.18 Å². The highest BCUT2D eigenvalue weighted by molar-refractivity contribution is 7.12. The summed E-state index contributed by atoms with van der Waals surface area (Å²) in [7, 11) is 1.83. The quantitative estimate of drug-likeness (QED) is 0.912. The molecule has 1 unspecified atom stereocenters. The zero-order valence-electron chi connectivity index (χ0n) is 12.0. The predicted molar refractivity (Wildman–Crippen MR) is 83.3 cm³/mol. The number of amides is 1. The Bertz CT molecular complexity index is 696. The van der Waals surface area contributed by atoms with Crippen molar-refractivity contribution in [3.63, 3.8) is 0 Å². The maximum absolute atomic E-state index is 14.4. The van der Waals surface area contributed by atoms with Crippen LogP contribution in [-0.2, 0) is 11.2 Å². The van der Waals surface area contributed by atoms with Gasteiger partial charge in [-0.1, -0.05) is 0 Å². The monoisotopic (exact) mass is 304 g/mol. The summed E-state index contributed by atoms with van der Waals surface area (Å²) < 4.78 is 14.4. The van der Waals surface area contributed by atoms with Crippen LogP contribution < -0.4 is 10.6 Å². The average Bonchev–Trinajstić information content (AvgIpc) is 2.87. The fraction of sp³-hybridized carbons (Fsp3) is 0.312. The smallest absolute Gasteiger partial charge is 0.224 e. The largest absolute Gasteiger partial charge is 0.326 e. The van der Waals surface area contributed by atoms with Gasteiger partial charge in [-0.15, -0.1) is 11.3 Å². The van der Waals surface area contributed by atoms with Crippen LogP contribution in [0.4, 0.5) is 10.1 Å². The molecule has 2 heterocycles. The second kappa shape index (κ2) is 5.58. The Morgan fingerprint density at radius 3 is 2.81 bits per heavy atom. The van der Waals surface area contributed by atoms with Crippen molar-refractivity contribution in [3.8, 4) is 0 Å². The van der Waals surface area contributed by atoms with Crippen molar-refractivity contribution in [1.82, 2.24) is 5.32 Å². The molecule has 21 heavy (non-hydrogen) atoms. The predicted octanol–water partition coefficient (Wildman–Crippen LogP) is 3.39. The molecule has 3 nitrogen and oxygen atoms in total. The van der Waals surface area contributed by atoms with Crippen LogP contribution in [-0.4, -0.2) is 13.0 Å². The molecule has 2 aromatic rings. The van der Waals surface area contributed by atoms with Gasteiger partial charge in [0, 0.05) is 27.4 Å². The van der Waals surface area contributed by atoms with Gasteiger partial charge in [0.15, 0.2) is 0 Å². The molecule has 0 saturated carbocycles. The average molecular weight is 304 g/mol. The standard InChI is InChI=1S/C16H17FN2OS/c1-9-3-5-14(21-9)16(18-2)11-7-10-4-6-15(20)19-13(10)8-12(11)17/h3,5,7-8,16,18H,4,6H2,1-2H3,(H,19,20). The highest BCUT2D eigenvalue weighted by Gasteiger charge is 2.22. The number of anilines is 1. The number of nitrogens with one attached hydrogen (secondary N) is 2. The lowest BCUT2D eigenvalue weighted by atomic mass is 9.96. The van der Waals surface area contributed by atoms with Crippen LogP contribution in [0.15, 0.2) is 24.3 Å². The molecule has 5 heteroatoms. The number of thiophene rings is 1. The number of carbonyl (C=O) groups excluding carboxylic acids is 1. The first-order chi connectivity index (χ1) is 10.1. The lowest BCUT2D eigenvalue weighted by Crippen LogP contribution is -2.22. The molecule has 110 valence electrons. The molecule has 0 radical (unpaired) electrons. The highest BCUT2D eigenvalue weighted by atomic mass is 32.1. The number of rotatable bonds is 3. The number of aryl methyl sites for hydroxylation is 2. The summed E-state index contributed by atoms with van der Waals surface area (Å²) in [6, 6.07) is 7.22. The fourth-order valence-electron chi connectivity index (χ4n) is 2.70. The number of fused-ring (bicyclic) bond motifs is 1. The van der Waals surface area contributed by atoms with E-state index in [1.165, 1.54) is 10.9 Å². The van der Waals surface area contributed by atoms with Crippen LogP contribution in [0.3, 0.4) is 0 Å². The Morgan fingerprint density at radius 2 is 2.14 bits per heavy atom. The molecule has 1 aliphatic rings. The zero-order chi connectivity index (χ0) is 15.0. The van der Waals surface area contributed by atoms with Crippen molar-refractivity contribution >= 4 is 22.9 Å². The van der Waals surface area contributed by atoms with Crippen LogP contribution in [0.2, 0.25) is 0 Å². The van der Waals surface area contributed by atoms with Crippen molar-refractivity contribution in [2.75, 3.05) is 12.4 Å². The van der Waals surface area contributed by atoms with Crippen LogP contribution in [0, 0.1) is 12.7 Å². The van der Waals surface area contributed by atoms with Gasteiger partial charge in [-0.05, 0) is 50.2 Å². The van der Waals surface area contributed by atoms with E-state index in [1.807, 2.05) is 32.2 Å². The van der Waals surface area contributed by atoms with Crippen LogP contribution >= 0.6 is 11.3 Å². The van der Waals surface area contributed by atoms with Gasteiger partial charge in [0.05, 0.1) is 6.04 Å². The maximum Gasteiger partial charge on any atom is 0.224 e. The minimum Gasteiger partial charge on any atom is -0.326 e. The number of hydrogen-bond acceptors (Lipinski definition) is 3. The lowest BCUT2D eigenvalue weighted by Gasteiger charge is -2.22. The third kappa shape index (κ3) is 2.71. The Hall–Kier alpha value is -1.72. The molecule has 1 atom stereocenters. The Labute approximate surface area is 127 Å². The van der Waals surface area contributed by atoms with Crippen molar-refractivity contribution in [2.24, 2.45) is 0 Å². The van der Waals surface area contributed by atoms with Gasteiger partial charge in [0.2, 0.25) is 5.91 Å². The molecule has 0 saturated heterocycles. The summed E-state index contributed by atoms with van der Waals surface area (Å²) in [6.07, 6.45) is 1.12. The van der Waals surface area contributed by atoms with Gasteiger partial charge in [-0.2, -0.15) is 0 Å². The van der Waals surface area contributed by atoms with Gasteiger partial charge < -0.3 is 10.6 Å². The van der Waals surface area contributed by atoms with E-state index in [-0.39, 0.29) is 17.8 Å². The molecule has 1 aliphatic heterocycles. The fourth-order valence-corrected chi connectivity index (χ4v) is 3.71. The van der Waals surface area contributed by atoms with Gasteiger partial charge in [0.25, 0.3) is 0 Å². The molecule has 1 aromatic heterocycles. The number of hydrogen-bond donors (Lipinski definition) is 2. The molecule has 0 aliphatic carbocycles. The van der Waals surface area contributed by atoms with Crippen molar-refractivity contribution in [1.29, 1.82) is 0 Å². The molecule has 3 rings (SSSR count). The Kier molecular flexibility index (Phi) is 3.78. The third-order valence-electron chi connectivity index (χ3n) is 3.76. The summed E-state index contributed by atoms with van der Waals surface area (Å²) in [5.74, 6) is -0.338. The van der Waals surface area contributed by atoms with E-state index in [2.05, 4.69) is 10.6 Å². The Balaban J connectivity index is 2.03. The molecule has 0 fully saturated rings. The summed E-state index contributed by atoms with van der Waals surface area (Å²) in [5.41, 5.74) is 2.23. The van der Waals surface area contributed by atoms with Gasteiger partial charge in [-0.3, -0.25) is 4.79 Å². The molecule has 1 aromatic carbocycles. The topological polar surface area (TPSA) is 41.1 Å². The molecule has 1 amide bonds. The first kappa shape index (κ1) is 14.2. The van der Waals surface area contributed by atoms with Crippen molar-refractivity contribution < 1.29 is 9.18 Å². The summed E-state index contributed by atoms with van der Waals surface area (Å²) in [5, 5.41) is 5.92. The Morgan fingerprint density at radius 1 is 1.33 bits per heavy atom. The SMILES string of the molecule is CNC(c1ccc(C)s1)c1cc2c(cc1F)NC(=O)CC2. The molecule has 0 spiro atoms. The molecule has 0 bridgehead atoms. The first-order valence-corrected chi connectivity index (χ1v) is 7.76. The lowest BCUT2D eigenvalue weighted by molar-refractivity contribution is -0.116. The molecule has 2 N–H and O–H groups in total. The minimum atomic E-state index is -0.290. The third-order valence-corrected chi connectivity index (χ3v) is 4.83. The second-order valence-electron chi connectivity index (χ2n) is 5.25. The zero-order valence-corrected chi connectivity index (χ0v) is 12.8. The van der Waals surface area contributed by atoms with E-state index in [4.69, 9.17) is 0 Å². The van der Waals surface area contributed by atoms with E-state index in [0.29, 0.717) is 24.1 Å². The first-order valence-electron chi connectivity index (χ1n) is 6.94. The van der Waals surface area contributed by atoms with Crippen LogP contribution in [0.25, 0.3) is 0 Å². The van der Waals surface area contributed by atoms with Gasteiger partial charge in [0.1, 0.15) is 5.82 Å².